The summed E-state index contributed by atoms with van der Waals surface area (Å²) in [6, 6.07) is 92.4. The molecule has 3 aliphatic rings. The Labute approximate surface area is 914 Å². The Balaban J connectivity index is 0.000000213. The zero-order chi connectivity index (χ0) is 110. The Bertz CT molecular complexity index is 7030. The van der Waals surface area contributed by atoms with Crippen LogP contribution >= 0.6 is 108 Å². The largest absolute Gasteiger partial charge is 0.480 e. The van der Waals surface area contributed by atoms with Gasteiger partial charge in [0.1, 0.15) is 22.2 Å². The number of carboxylic acids is 2. The zero-order valence-corrected chi connectivity index (χ0v) is 91.9. The van der Waals surface area contributed by atoms with Crippen LogP contribution in [0.1, 0.15) is 117 Å². The van der Waals surface area contributed by atoms with Gasteiger partial charge in [-0.3, -0.25) is 34.1 Å². The Kier molecular flexibility index (Phi) is 42.3. The molecule has 0 radical (unpaired) electrons. The van der Waals surface area contributed by atoms with Crippen LogP contribution in [0.15, 0.2) is 325 Å². The molecular formula is C114H108BrCl6IN14O12. The van der Waals surface area contributed by atoms with Crippen molar-refractivity contribution in [1.82, 2.24) is 0 Å². The molecule has 3 aliphatic heterocycles. The van der Waals surface area contributed by atoms with Gasteiger partial charge in [-0.05, 0) is 338 Å². The first-order chi connectivity index (χ1) is 69.6. The molecule has 13 aromatic rings. The normalized spacial score (nSPS) is 14.8. The molecule has 3 saturated heterocycles. The summed E-state index contributed by atoms with van der Waals surface area (Å²) in [7, 11) is 1.37. The van der Waals surface area contributed by atoms with Crippen molar-refractivity contribution in [2.24, 2.45) is 10.7 Å². The molecule has 3 heterocycles. The first kappa shape index (κ1) is 119. The second-order valence-electron chi connectivity index (χ2n) is 36.5. The molecule has 2 unspecified atom stereocenters. The second kappa shape index (κ2) is 52.7. The van der Waals surface area contributed by atoms with E-state index in [2.05, 4.69) is 136 Å². The number of methoxy groups -OCH3 is 1. The summed E-state index contributed by atoms with van der Waals surface area (Å²) in [4.78, 5) is 121. The number of hydrogen-bond acceptors (Lipinski definition) is 14. The van der Waals surface area contributed by atoms with E-state index in [1.54, 1.807) is 228 Å². The number of hydrogen-bond donors (Lipinski definition) is 6. The number of nitrogens with zero attached hydrogens (tertiary/aromatic N) is 11. The molecular weight excluding hydrogens is 2180 g/mol. The summed E-state index contributed by atoms with van der Waals surface area (Å²) in [5.74, 6) is -2.50. The van der Waals surface area contributed by atoms with Gasteiger partial charge in [0.2, 0.25) is 6.08 Å². The molecule has 13 aromatic carbocycles. The number of aryl methyl sites for hydroxylation is 3. The quantitative estimate of drug-likeness (QED) is 0.0131. The number of aliphatic carboxylic acids is 2. The number of rotatable bonds is 16. The van der Waals surface area contributed by atoms with Gasteiger partial charge in [-0.2, -0.15) is 4.99 Å². The van der Waals surface area contributed by atoms with Crippen LogP contribution < -0.4 is 45.8 Å². The number of carbonyl (C=O) groups excluding carboxylic acids is 6. The molecule has 7 amide bonds. The maximum absolute atomic E-state index is 13.8. The molecule has 0 spiro atoms. The Morgan fingerprint density at radius 2 is 0.791 bits per heavy atom. The van der Waals surface area contributed by atoms with E-state index in [0.29, 0.717) is 81.9 Å². The number of esters is 1. The molecule has 762 valence electrons. The second-order valence-corrected chi connectivity index (χ2v) is 41.3. The van der Waals surface area contributed by atoms with E-state index in [0.717, 1.165) is 53.8 Å². The number of nitrogens with one attached hydrogen (secondary N) is 2. The number of amides is 7. The average Bonchev–Trinajstić information content (AvgIpc) is 1.53. The highest BCUT2D eigenvalue weighted by molar-refractivity contribution is 14.1. The average molecular weight is 2290 g/mol. The third kappa shape index (κ3) is 31.3. The van der Waals surface area contributed by atoms with Gasteiger partial charge in [0.05, 0.1) is 61.9 Å². The fourth-order valence-corrected chi connectivity index (χ4v) is 16.7. The number of benzene rings is 13. The van der Waals surface area contributed by atoms with Gasteiger partial charge in [0.15, 0.2) is 28.5 Å². The molecule has 16 rings (SSSR count). The van der Waals surface area contributed by atoms with Gasteiger partial charge >= 0.3 is 36.0 Å². The summed E-state index contributed by atoms with van der Waals surface area (Å²) >= 11 is 40.7. The van der Waals surface area contributed by atoms with Crippen molar-refractivity contribution < 1.29 is 58.4 Å². The number of halogens is 8. The fourth-order valence-electron chi connectivity index (χ4n) is 15.1. The lowest BCUT2D eigenvalue weighted by atomic mass is 9.83. The first-order valence-corrected chi connectivity index (χ1v) is 49.4. The predicted octanol–water partition coefficient (Wildman–Crippen LogP) is 31.1. The first-order valence-electron chi connectivity index (χ1n) is 45.3. The topological polar surface area (TPSA) is 306 Å². The van der Waals surface area contributed by atoms with E-state index < -0.39 is 56.9 Å². The minimum atomic E-state index is -1.67. The van der Waals surface area contributed by atoms with Crippen LogP contribution in [0, 0.1) is 50.6 Å². The number of isocyanates is 1. The lowest BCUT2D eigenvalue weighted by molar-refractivity contribution is -0.145. The SMILES string of the molecule is CC(C)(N)C(=O)O.CC(C)(Nc1ccc(Cl)cc1)C(=O)O.COC(=O)C(C)(C)Nc1ccc(Cl)cc1.Cc1cccc(Br)c1.Clc1ccc(I)cc1.[C-]#[N+]c1ccc(N2C(=O)N(c3ccc(Cl)cc3)C(C)(C)C2(O)c2cccc(C)c2)cc1.[C-]#[N+]c1ccc(N2C(=O)N(c3ccc(Cl)cc3)C(C)(C)C2=O)cc1.[C-]#[N+]c1ccc(N2C(=O)N(c3ccc(Cl)cc3)C(C)(C)C2c2cccc(C)c2)cc1.[C-]#[N+]c1ccc(N=C=O)cc1. The summed E-state index contributed by atoms with van der Waals surface area (Å²) in [6.45, 7) is 55.0. The fraction of sp³-hybridized carbons (Fsp3) is 0.211. The van der Waals surface area contributed by atoms with Crippen molar-refractivity contribution in [3.05, 3.63) is 427 Å². The van der Waals surface area contributed by atoms with Gasteiger partial charge in [-0.15, -0.1) is 0 Å². The van der Waals surface area contributed by atoms with Crippen LogP contribution in [0.2, 0.25) is 30.1 Å². The maximum atomic E-state index is 13.8. The molecule has 0 aromatic heterocycles. The minimum Gasteiger partial charge on any atom is -0.480 e. The number of urea groups is 3. The third-order valence-corrected chi connectivity index (χ3v) is 25.5. The van der Waals surface area contributed by atoms with Crippen LogP contribution in [-0.2, 0) is 34.4 Å². The Morgan fingerprint density at radius 1 is 0.446 bits per heavy atom. The molecule has 0 aliphatic carbocycles. The number of anilines is 8. The Morgan fingerprint density at radius 3 is 1.16 bits per heavy atom. The van der Waals surface area contributed by atoms with E-state index in [4.69, 9.17) is 112 Å². The number of aliphatic hydroxyl groups is 1. The highest BCUT2D eigenvalue weighted by atomic mass is 127. The van der Waals surface area contributed by atoms with Crippen molar-refractivity contribution in [3.63, 3.8) is 0 Å². The molecule has 0 bridgehead atoms. The summed E-state index contributed by atoms with van der Waals surface area (Å²) < 4.78 is 7.05. The summed E-state index contributed by atoms with van der Waals surface area (Å²) in [6.07, 6.45) is 1.42. The van der Waals surface area contributed by atoms with Crippen LogP contribution in [0.3, 0.4) is 0 Å². The molecule has 26 nitrogen and oxygen atoms in total. The number of nitrogens with two attached hydrogens (primary N) is 1. The van der Waals surface area contributed by atoms with E-state index in [1.807, 2.05) is 134 Å². The van der Waals surface area contributed by atoms with Crippen LogP contribution in [0.4, 0.5) is 88.3 Å². The van der Waals surface area contributed by atoms with Crippen LogP contribution in [0.25, 0.3) is 19.4 Å². The molecule has 0 saturated carbocycles. The smallest absolute Gasteiger partial charge is 0.336 e. The predicted molar refractivity (Wildman–Crippen MR) is 607 cm³/mol. The van der Waals surface area contributed by atoms with E-state index in [1.165, 1.54) is 46.0 Å². The van der Waals surface area contributed by atoms with Crippen molar-refractivity contribution in [2.75, 3.05) is 47.1 Å². The lowest BCUT2D eigenvalue weighted by Crippen LogP contribution is -2.56. The van der Waals surface area contributed by atoms with Gasteiger partial charge in [-0.1, -0.05) is 211 Å². The molecule has 3 fully saturated rings. The van der Waals surface area contributed by atoms with E-state index >= 15 is 0 Å². The highest BCUT2D eigenvalue weighted by Crippen LogP contribution is 2.53. The number of carbonyl (C=O) groups is 7. The standard InChI is InChI=1S/C25H22ClN3O2.C25H22ClN3O.C18H14ClN3O2.C11H14ClNO2.C10H12ClNO2.C8H4N2O.C7H7Br.C6H4ClI.C4H9NO2/c1-17-6-5-7-18(16-17)25(31)24(2,3)28(21-12-8-19(26)9-13-21)23(30)29(25)22-14-10-20(27-4)11-15-22;1-17-6-5-7-18(16-17)23-25(2,3)29(22-12-8-19(26)9-13-22)24(30)28(23)21-14-10-20(27-4)11-15-21;1-18(2)16(23)21(14-10-6-13(20-3)7-11-14)17(24)22(18)15-8-4-12(19)5-9-15;1-11(2,10(14)15-3)13-9-6-4-8(12)5-7-9;1-10(2,9(13)14)12-8-5-3-7(11)4-6-8;1-9-7-2-4-8(5-3-7)10-6-11;1-6-3-2-4-7(8)5-6;7-5-1-3-6(8)4-2-5;1-4(2,5)3(6)7/h5-16,31H,1-3H3;5-16,23H,1-3H3;4-11H,1-2H3;4-7,13H,1-3H3;3-6,12H,1-2H3,(H,13,14);2-5H;2-5H,1H3;1-4H;5H2,1-2H3,(H,6,7). The molecule has 148 heavy (non-hydrogen) atoms. The highest BCUT2D eigenvalue weighted by Gasteiger charge is 2.64. The van der Waals surface area contributed by atoms with Gasteiger partial charge in [-0.25, -0.2) is 53.0 Å². The van der Waals surface area contributed by atoms with Crippen molar-refractivity contribution in [1.29, 1.82) is 0 Å². The minimum absolute atomic E-state index is 0.107. The van der Waals surface area contributed by atoms with Gasteiger partial charge in [0, 0.05) is 83.6 Å². The van der Waals surface area contributed by atoms with E-state index in [9.17, 15) is 43.5 Å². The lowest BCUT2D eigenvalue weighted by Gasteiger charge is -2.43. The monoisotopic (exact) mass is 2280 g/mol. The summed E-state index contributed by atoms with van der Waals surface area (Å²) in [5.41, 5.74) is 10.9. The zero-order valence-electron chi connectivity index (χ0n) is 83.6. The molecule has 7 N–H and O–H groups in total. The number of imide groups is 1. The van der Waals surface area contributed by atoms with Gasteiger partial charge in [0.25, 0.3) is 5.91 Å². The number of carboxylic acid groups (broad SMARTS) is 2. The molecule has 34 heteroatoms. The molecule has 2 atom stereocenters. The van der Waals surface area contributed by atoms with Crippen LogP contribution in [-0.4, -0.2) is 104 Å². The van der Waals surface area contributed by atoms with Crippen molar-refractivity contribution >= 4 is 230 Å². The summed E-state index contributed by atoms with van der Waals surface area (Å²) in [5, 5.41) is 39.1. The Hall–Kier alpha value is -14.4. The number of aliphatic imine (C=N–C) groups is 1. The van der Waals surface area contributed by atoms with E-state index in [-0.39, 0.29) is 30.0 Å². The van der Waals surface area contributed by atoms with Gasteiger partial charge < -0.3 is 36.4 Å². The third-order valence-electron chi connectivity index (χ3n) is 22.8. The van der Waals surface area contributed by atoms with Crippen molar-refractivity contribution in [2.45, 2.75) is 149 Å². The number of ether oxygens (including phenoxy) is 1. The maximum Gasteiger partial charge on any atom is 0.336 e. The van der Waals surface area contributed by atoms with Crippen LogP contribution in [0.5, 0.6) is 0 Å². The van der Waals surface area contributed by atoms with Crippen molar-refractivity contribution in [3.8, 4) is 0 Å².